The minimum absolute atomic E-state index is 0.0166. The first-order valence-electron chi connectivity index (χ1n) is 7.46. The van der Waals surface area contributed by atoms with Crippen molar-refractivity contribution in [2.75, 3.05) is 13.7 Å². The van der Waals surface area contributed by atoms with Gasteiger partial charge >= 0.3 is 12.0 Å². The lowest BCUT2D eigenvalue weighted by Crippen LogP contribution is -2.13. The summed E-state index contributed by atoms with van der Waals surface area (Å²) in [5.74, 6) is -1.97. The molecule has 0 saturated carbocycles. The summed E-state index contributed by atoms with van der Waals surface area (Å²) in [6.07, 6.45) is 0. The van der Waals surface area contributed by atoms with E-state index in [1.54, 1.807) is 6.07 Å². The van der Waals surface area contributed by atoms with E-state index in [9.17, 15) is 13.6 Å². The zero-order valence-electron chi connectivity index (χ0n) is 13.7. The molecule has 1 heterocycles. The third-order valence-corrected chi connectivity index (χ3v) is 4.17. The number of aromatic nitrogens is 3. The van der Waals surface area contributed by atoms with Crippen molar-refractivity contribution in [2.24, 2.45) is 0 Å². The average molecular weight is 459 g/mol. The molecule has 27 heavy (non-hydrogen) atoms. The van der Waals surface area contributed by atoms with Crippen molar-refractivity contribution in [1.29, 1.82) is 0 Å². The Kier molecular flexibility index (Phi) is 5.71. The smallest absolute Gasteiger partial charge is 0.344 e. The minimum atomic E-state index is -0.673. The maximum absolute atomic E-state index is 14.4. The molecule has 0 fully saturated rings. The molecule has 10 heteroatoms. The maximum Gasteiger partial charge on any atom is 0.344 e. The molecule has 0 saturated heterocycles. The highest BCUT2D eigenvalue weighted by Gasteiger charge is 2.20. The molecule has 0 spiro atoms. The third-order valence-electron chi connectivity index (χ3n) is 3.44. The summed E-state index contributed by atoms with van der Waals surface area (Å²) in [5.41, 5.74) is 0.0464. The number of carbonyl (C=O) groups is 1. The first-order valence-corrected chi connectivity index (χ1v) is 8.63. The highest BCUT2D eigenvalue weighted by Crippen LogP contribution is 2.29. The van der Waals surface area contributed by atoms with Crippen LogP contribution >= 0.6 is 27.5 Å². The van der Waals surface area contributed by atoms with Crippen LogP contribution in [0, 0.1) is 11.6 Å². The second kappa shape index (κ2) is 8.01. The van der Waals surface area contributed by atoms with E-state index in [0.29, 0.717) is 4.47 Å². The molecular weight excluding hydrogens is 448 g/mol. The van der Waals surface area contributed by atoms with E-state index >= 15 is 0 Å². The topological polar surface area (TPSA) is 66.2 Å². The Morgan fingerprint density at radius 2 is 2.00 bits per heavy atom. The van der Waals surface area contributed by atoms with Crippen molar-refractivity contribution in [3.63, 3.8) is 0 Å². The first kappa shape index (κ1) is 19.2. The van der Waals surface area contributed by atoms with Gasteiger partial charge in [-0.15, -0.1) is 5.10 Å². The van der Waals surface area contributed by atoms with Crippen molar-refractivity contribution in [1.82, 2.24) is 14.8 Å². The fourth-order valence-electron chi connectivity index (χ4n) is 2.20. The van der Waals surface area contributed by atoms with E-state index in [1.807, 2.05) is 0 Å². The molecule has 0 aliphatic heterocycles. The van der Waals surface area contributed by atoms with Gasteiger partial charge in [-0.1, -0.05) is 27.5 Å². The molecular formula is C17H11BrClF2N3O3. The van der Waals surface area contributed by atoms with Crippen LogP contribution in [0.4, 0.5) is 8.78 Å². The van der Waals surface area contributed by atoms with Crippen LogP contribution in [0.25, 0.3) is 17.1 Å². The average Bonchev–Trinajstić information content (AvgIpc) is 3.03. The standard InChI is InChI=1S/C17H11BrClF2N3O3/c1-26-15(25)8-27-17-22-16(11-4-3-10(19)7-12(11)20)24(23-17)14-5-2-9(18)6-13(14)21/h2-7H,8H2,1H3. The second-order valence-corrected chi connectivity index (χ2v) is 6.57. The van der Waals surface area contributed by atoms with Gasteiger partial charge in [0, 0.05) is 9.50 Å². The number of carbonyl (C=O) groups excluding carboxylic acids is 1. The van der Waals surface area contributed by atoms with Crippen molar-refractivity contribution in [3.05, 3.63) is 57.5 Å². The van der Waals surface area contributed by atoms with E-state index in [4.69, 9.17) is 16.3 Å². The van der Waals surface area contributed by atoms with Crippen molar-refractivity contribution in [2.45, 2.75) is 0 Å². The molecule has 0 unspecified atom stereocenters. The van der Waals surface area contributed by atoms with Gasteiger partial charge in [0.05, 0.1) is 12.7 Å². The van der Waals surface area contributed by atoms with Crippen LogP contribution in [0.15, 0.2) is 40.9 Å². The van der Waals surface area contributed by atoms with Crippen LogP contribution in [0.3, 0.4) is 0 Å². The molecule has 0 amide bonds. The summed E-state index contributed by atoms with van der Waals surface area (Å²) < 4.78 is 40.1. The molecule has 0 radical (unpaired) electrons. The number of hydrogen-bond donors (Lipinski definition) is 0. The van der Waals surface area contributed by atoms with Crippen molar-refractivity contribution in [3.8, 4) is 23.1 Å². The molecule has 0 N–H and O–H groups in total. The fraction of sp³-hybridized carbons (Fsp3) is 0.118. The van der Waals surface area contributed by atoms with Gasteiger partial charge in [0.2, 0.25) is 0 Å². The Balaban J connectivity index is 2.11. The molecule has 140 valence electrons. The van der Waals surface area contributed by atoms with E-state index in [1.165, 1.54) is 31.4 Å². The summed E-state index contributed by atoms with van der Waals surface area (Å²) in [6.45, 7) is -0.453. The zero-order valence-corrected chi connectivity index (χ0v) is 16.1. The third kappa shape index (κ3) is 4.25. The van der Waals surface area contributed by atoms with E-state index in [0.717, 1.165) is 10.7 Å². The number of hydrogen-bond acceptors (Lipinski definition) is 5. The van der Waals surface area contributed by atoms with Crippen LogP contribution in [0.1, 0.15) is 0 Å². The number of benzene rings is 2. The lowest BCUT2D eigenvalue weighted by atomic mass is 10.2. The Hall–Kier alpha value is -2.52. The predicted molar refractivity (Wildman–Crippen MR) is 96.9 cm³/mol. The molecule has 0 bridgehead atoms. The Morgan fingerprint density at radius 1 is 1.22 bits per heavy atom. The number of ether oxygens (including phenoxy) is 2. The second-order valence-electron chi connectivity index (χ2n) is 5.21. The van der Waals surface area contributed by atoms with Gasteiger partial charge in [0.25, 0.3) is 0 Å². The fourth-order valence-corrected chi connectivity index (χ4v) is 2.69. The van der Waals surface area contributed by atoms with Gasteiger partial charge in [-0.3, -0.25) is 0 Å². The summed E-state index contributed by atoms with van der Waals surface area (Å²) in [6, 6.07) is 7.97. The van der Waals surface area contributed by atoms with Crippen LogP contribution < -0.4 is 4.74 Å². The van der Waals surface area contributed by atoms with E-state index < -0.39 is 24.2 Å². The molecule has 1 aromatic heterocycles. The number of esters is 1. The molecule has 3 rings (SSSR count). The number of nitrogens with zero attached hydrogens (tertiary/aromatic N) is 3. The summed E-state index contributed by atoms with van der Waals surface area (Å²) in [5, 5.41) is 4.23. The highest BCUT2D eigenvalue weighted by molar-refractivity contribution is 9.10. The molecule has 0 atom stereocenters. The first-order chi connectivity index (χ1) is 12.9. The molecule has 3 aromatic rings. The number of halogens is 4. The monoisotopic (exact) mass is 457 g/mol. The van der Waals surface area contributed by atoms with Crippen molar-refractivity contribution >= 4 is 33.5 Å². The summed E-state index contributed by atoms with van der Waals surface area (Å²) >= 11 is 8.96. The Labute approximate surface area is 165 Å². The Morgan fingerprint density at radius 3 is 2.67 bits per heavy atom. The Bertz CT molecular complexity index is 944. The maximum atomic E-state index is 14.4. The summed E-state index contributed by atoms with van der Waals surface area (Å²) in [7, 11) is 1.20. The van der Waals surface area contributed by atoms with Crippen LogP contribution in [0.5, 0.6) is 6.01 Å². The molecule has 6 nitrogen and oxygen atoms in total. The SMILES string of the molecule is COC(=O)COc1nc(-c2ccc(Cl)cc2F)n(-c2ccc(Br)cc2F)n1. The molecule has 2 aromatic carbocycles. The van der Waals surface area contributed by atoms with Gasteiger partial charge < -0.3 is 9.47 Å². The van der Waals surface area contributed by atoms with Gasteiger partial charge in [0.1, 0.15) is 17.3 Å². The predicted octanol–water partition coefficient (Wildman–Crippen LogP) is 4.18. The van der Waals surface area contributed by atoms with Gasteiger partial charge in [0.15, 0.2) is 12.4 Å². The lowest BCUT2D eigenvalue weighted by molar-refractivity contribution is -0.143. The van der Waals surface area contributed by atoms with Crippen LogP contribution in [0.2, 0.25) is 5.02 Å². The number of rotatable bonds is 5. The van der Waals surface area contributed by atoms with Crippen molar-refractivity contribution < 1.29 is 23.0 Å². The largest absolute Gasteiger partial charge is 0.466 e. The van der Waals surface area contributed by atoms with Crippen LogP contribution in [-0.2, 0) is 9.53 Å². The number of methoxy groups -OCH3 is 1. The van der Waals surface area contributed by atoms with E-state index in [-0.39, 0.29) is 28.1 Å². The van der Waals surface area contributed by atoms with Gasteiger partial charge in [-0.25, -0.2) is 18.3 Å². The normalized spacial score (nSPS) is 10.7. The quantitative estimate of drug-likeness (QED) is 0.537. The van der Waals surface area contributed by atoms with Gasteiger partial charge in [-0.2, -0.15) is 4.98 Å². The zero-order chi connectivity index (χ0) is 19.6. The molecule has 0 aliphatic rings. The highest BCUT2D eigenvalue weighted by atomic mass is 79.9. The van der Waals surface area contributed by atoms with Gasteiger partial charge in [-0.05, 0) is 36.4 Å². The molecule has 0 aliphatic carbocycles. The minimum Gasteiger partial charge on any atom is -0.466 e. The van der Waals surface area contributed by atoms with Crippen LogP contribution in [-0.4, -0.2) is 34.5 Å². The summed E-state index contributed by atoms with van der Waals surface area (Å²) in [4.78, 5) is 15.3. The lowest BCUT2D eigenvalue weighted by Gasteiger charge is -2.08. The van der Waals surface area contributed by atoms with E-state index in [2.05, 4.69) is 30.7 Å².